The van der Waals surface area contributed by atoms with Crippen LogP contribution in [-0.4, -0.2) is 60.2 Å². The maximum Gasteiger partial charge on any atom is 0.345 e. The van der Waals surface area contributed by atoms with Crippen molar-refractivity contribution in [2.45, 2.75) is 6.42 Å². The zero-order chi connectivity index (χ0) is 39.7. The Kier molecular flexibility index (Phi) is 13.9. The monoisotopic (exact) mass is 740 g/mol. The number of rotatable bonds is 12. The normalized spacial score (nSPS) is 9.71. The highest BCUT2D eigenvalue weighted by Gasteiger charge is 2.23. The number of hydrogen-bond donors (Lipinski definition) is 0. The van der Waals surface area contributed by atoms with E-state index in [-0.39, 0.29) is 22.3 Å². The summed E-state index contributed by atoms with van der Waals surface area (Å²) in [5.74, 6) is 6.86. The maximum atomic E-state index is 12.5. The number of carbonyl (C=O) groups excluding carboxylic acids is 4. The molecule has 4 aromatic rings. The predicted molar refractivity (Wildman–Crippen MR) is 188 cm³/mol. The number of hydrogen-bond acceptors (Lipinski definition) is 14. The van der Waals surface area contributed by atoms with Crippen LogP contribution in [0.25, 0.3) is 0 Å². The fraction of sp³-hybridized carbons (Fsp3) is 0.128. The zero-order valence-corrected chi connectivity index (χ0v) is 28.3. The fourth-order valence-electron chi connectivity index (χ4n) is 4.37. The van der Waals surface area contributed by atoms with Crippen LogP contribution in [0.15, 0.2) is 84.9 Å². The third-order valence-electron chi connectivity index (χ3n) is 7.01. The van der Waals surface area contributed by atoms with Crippen molar-refractivity contribution in [3.63, 3.8) is 0 Å². The molecule has 0 aliphatic rings. The van der Waals surface area contributed by atoms with Crippen LogP contribution >= 0.6 is 0 Å². The maximum absolute atomic E-state index is 12.5. The van der Waals surface area contributed by atoms with Crippen molar-refractivity contribution in [1.29, 1.82) is 10.5 Å². The number of ether oxygens (including phenoxy) is 4. The summed E-state index contributed by atoms with van der Waals surface area (Å²) in [6.07, 6.45) is -0.852. The summed E-state index contributed by atoms with van der Waals surface area (Å²) in [5, 5.41) is 41.0. The smallest absolute Gasteiger partial charge is 0.345 e. The average Bonchev–Trinajstić information content (AvgIpc) is 3.19. The molecule has 16 heteroatoms. The Morgan fingerprint density at radius 2 is 0.800 bits per heavy atom. The molecular weight excluding hydrogens is 716 g/mol. The van der Waals surface area contributed by atoms with Crippen molar-refractivity contribution in [1.82, 2.24) is 0 Å². The fourth-order valence-corrected chi connectivity index (χ4v) is 4.37. The van der Waals surface area contributed by atoms with Gasteiger partial charge in [0.2, 0.25) is 0 Å². The summed E-state index contributed by atoms with van der Waals surface area (Å²) >= 11 is 0. The molecule has 272 valence electrons. The van der Waals surface area contributed by atoms with E-state index < -0.39 is 77.9 Å². The van der Waals surface area contributed by atoms with E-state index in [4.69, 9.17) is 29.5 Å². The lowest BCUT2D eigenvalue weighted by atomic mass is 10.1. The number of benzene rings is 4. The van der Waals surface area contributed by atoms with Crippen LogP contribution in [0.3, 0.4) is 0 Å². The van der Waals surface area contributed by atoms with Crippen LogP contribution in [0.4, 0.5) is 11.4 Å². The molecule has 0 saturated carbocycles. The minimum Gasteiger partial charge on any atom is -0.462 e. The van der Waals surface area contributed by atoms with Crippen LogP contribution in [-0.2, 0) is 28.5 Å². The molecule has 0 spiro atoms. The number of nitro benzene ring substituents is 2. The molecule has 55 heavy (non-hydrogen) atoms. The predicted octanol–water partition coefficient (Wildman–Crippen LogP) is 4.54. The van der Waals surface area contributed by atoms with Gasteiger partial charge in [-0.3, -0.25) is 29.8 Å². The lowest BCUT2D eigenvalue weighted by Gasteiger charge is -2.08. The van der Waals surface area contributed by atoms with Crippen LogP contribution in [0.1, 0.15) is 60.5 Å². The second kappa shape index (κ2) is 19.3. The summed E-state index contributed by atoms with van der Waals surface area (Å²) < 4.78 is 19.6. The molecule has 4 rings (SSSR count). The molecule has 0 atom stereocenters. The first-order valence-corrected chi connectivity index (χ1v) is 15.7. The van der Waals surface area contributed by atoms with E-state index in [0.29, 0.717) is 22.3 Å². The number of carbonyl (C=O) groups is 4. The molecule has 0 bridgehead atoms. The highest BCUT2D eigenvalue weighted by Crippen LogP contribution is 2.22. The number of nitro groups is 2. The first-order valence-electron chi connectivity index (χ1n) is 15.7. The Bertz CT molecular complexity index is 2200. The summed E-state index contributed by atoms with van der Waals surface area (Å²) in [6, 6.07) is 24.0. The summed E-state index contributed by atoms with van der Waals surface area (Å²) in [6.45, 7) is -1.97. The van der Waals surface area contributed by atoms with E-state index in [0.717, 1.165) is 24.3 Å². The van der Waals surface area contributed by atoms with Gasteiger partial charge in [-0.1, -0.05) is 23.7 Å². The van der Waals surface area contributed by atoms with Crippen LogP contribution in [0, 0.1) is 66.6 Å². The van der Waals surface area contributed by atoms with Gasteiger partial charge in [-0.15, -0.1) is 0 Å². The van der Waals surface area contributed by atoms with E-state index >= 15 is 0 Å². The van der Waals surface area contributed by atoms with E-state index in [1.165, 1.54) is 12.1 Å². The largest absolute Gasteiger partial charge is 0.462 e. The molecule has 0 N–H and O–H groups in total. The van der Waals surface area contributed by atoms with Crippen molar-refractivity contribution < 1.29 is 48.0 Å². The highest BCUT2D eigenvalue weighted by molar-refractivity contribution is 5.95. The summed E-state index contributed by atoms with van der Waals surface area (Å²) in [7, 11) is 0. The van der Waals surface area contributed by atoms with E-state index in [1.54, 1.807) is 48.5 Å². The Labute approximate surface area is 311 Å². The van der Waals surface area contributed by atoms with Gasteiger partial charge in [0.1, 0.15) is 44.0 Å². The minimum absolute atomic E-state index is 0.241. The summed E-state index contributed by atoms with van der Waals surface area (Å²) in [5.41, 5.74) is 0.609. The lowest BCUT2D eigenvalue weighted by Crippen LogP contribution is -2.19. The van der Waals surface area contributed by atoms with E-state index in [1.807, 2.05) is 12.1 Å². The van der Waals surface area contributed by atoms with Crippen LogP contribution in [0.2, 0.25) is 0 Å². The highest BCUT2D eigenvalue weighted by atomic mass is 16.6. The van der Waals surface area contributed by atoms with Gasteiger partial charge in [0, 0.05) is 34.4 Å². The van der Waals surface area contributed by atoms with Gasteiger partial charge in [0.25, 0.3) is 11.4 Å². The molecule has 0 aliphatic heterocycles. The summed E-state index contributed by atoms with van der Waals surface area (Å²) in [4.78, 5) is 70.7. The van der Waals surface area contributed by atoms with Gasteiger partial charge in [0.05, 0.1) is 33.1 Å². The van der Waals surface area contributed by atoms with Crippen molar-refractivity contribution in [2.75, 3.05) is 26.4 Å². The van der Waals surface area contributed by atoms with Crippen molar-refractivity contribution in [2.24, 2.45) is 0 Å². The molecule has 0 heterocycles. The molecule has 4 aromatic carbocycles. The van der Waals surface area contributed by atoms with Crippen molar-refractivity contribution >= 4 is 35.3 Å². The van der Waals surface area contributed by atoms with Gasteiger partial charge in [-0.05, 0) is 72.8 Å². The molecule has 16 nitrogen and oxygen atoms in total. The molecule has 0 unspecified atom stereocenters. The molecule has 0 radical (unpaired) electrons. The molecular formula is C39H24N4O12. The quantitative estimate of drug-likeness (QED) is 0.0369. The third-order valence-corrected chi connectivity index (χ3v) is 7.01. The first kappa shape index (κ1) is 39.4. The van der Waals surface area contributed by atoms with Gasteiger partial charge in [-0.25, -0.2) is 9.59 Å². The average molecular weight is 741 g/mol. The molecule has 0 aromatic heterocycles. The SMILES string of the molecule is N#Cc1ccc(C#Cc2ccc(C(=O)OCCOC(=O)CC(=O)OCCOC(=O)c3ccc(C#Cc4ccc(C#N)cc4)cc3[N+](=O)[O-])c([N+](=O)[O-])c2)cc1. The van der Waals surface area contributed by atoms with Crippen LogP contribution < -0.4 is 0 Å². The lowest BCUT2D eigenvalue weighted by molar-refractivity contribution is -0.385. The van der Waals surface area contributed by atoms with Gasteiger partial charge in [-0.2, -0.15) is 10.5 Å². The standard InChI is InChI=1S/C39H24N4O12/c40-24-30-9-3-26(4-10-30)1-7-28-13-15-32(34(21-28)42(48)49)38(46)54-19-17-52-36(44)23-37(45)53-18-20-55-39(47)33-16-14-29(22-35(33)43(50)51)8-2-27-5-11-31(25-41)12-6-27/h3-6,9-16,21-22H,17-20,23H2. The first-order chi connectivity index (χ1) is 26.5. The molecule has 0 amide bonds. The Morgan fingerprint density at radius 3 is 1.15 bits per heavy atom. The van der Waals surface area contributed by atoms with Gasteiger partial charge in [0.15, 0.2) is 0 Å². The third kappa shape index (κ3) is 11.9. The number of nitrogens with zero attached hydrogens (tertiary/aromatic N) is 4. The second-order valence-corrected chi connectivity index (χ2v) is 10.7. The van der Waals surface area contributed by atoms with Gasteiger partial charge < -0.3 is 18.9 Å². The minimum atomic E-state index is -1.07. The number of nitriles is 2. The Morgan fingerprint density at radius 1 is 0.491 bits per heavy atom. The second-order valence-electron chi connectivity index (χ2n) is 10.7. The molecule has 0 saturated heterocycles. The number of esters is 4. The van der Waals surface area contributed by atoms with E-state index in [9.17, 15) is 39.4 Å². The Hall–Kier alpha value is -8.34. The Balaban J connectivity index is 1.18. The van der Waals surface area contributed by atoms with Crippen LogP contribution in [0.5, 0.6) is 0 Å². The molecule has 0 fully saturated rings. The van der Waals surface area contributed by atoms with Gasteiger partial charge >= 0.3 is 23.9 Å². The van der Waals surface area contributed by atoms with E-state index in [2.05, 4.69) is 23.7 Å². The topological polar surface area (TPSA) is 239 Å². The zero-order valence-electron chi connectivity index (χ0n) is 28.3. The van der Waals surface area contributed by atoms with Crippen molar-refractivity contribution in [3.8, 4) is 35.8 Å². The molecule has 0 aliphatic carbocycles. The van der Waals surface area contributed by atoms with Crippen molar-refractivity contribution in [3.05, 3.63) is 150 Å².